The van der Waals surface area contributed by atoms with Gasteiger partial charge in [-0.2, -0.15) is 10.2 Å². The van der Waals surface area contributed by atoms with E-state index in [1.165, 1.54) is 31.4 Å². The van der Waals surface area contributed by atoms with E-state index in [1.807, 2.05) is 62.4 Å². The molecule has 2 unspecified atom stereocenters. The van der Waals surface area contributed by atoms with Crippen LogP contribution >= 0.6 is 23.2 Å². The molecule has 2 aromatic heterocycles. The van der Waals surface area contributed by atoms with E-state index in [9.17, 15) is 23.2 Å². The predicted octanol–water partition coefficient (Wildman–Crippen LogP) is 9.84. The maximum absolute atomic E-state index is 14.2. The van der Waals surface area contributed by atoms with E-state index >= 15 is 0 Å². The Balaban J connectivity index is 0.000000221. The van der Waals surface area contributed by atoms with Crippen molar-refractivity contribution in [3.8, 4) is 11.4 Å². The number of esters is 1. The van der Waals surface area contributed by atoms with Crippen molar-refractivity contribution in [3.05, 3.63) is 164 Å². The Morgan fingerprint density at radius 1 is 0.690 bits per heavy atom. The number of ether oxygens (including phenoxy) is 1. The highest BCUT2D eigenvalue weighted by Crippen LogP contribution is 2.25. The minimum absolute atomic E-state index is 0.0210. The number of halogens is 4. The Morgan fingerprint density at radius 2 is 1.16 bits per heavy atom. The highest BCUT2D eigenvalue weighted by Gasteiger charge is 2.21. The summed E-state index contributed by atoms with van der Waals surface area (Å²) in [6, 6.07) is 27.3. The zero-order valence-electron chi connectivity index (χ0n) is 32.8. The highest BCUT2D eigenvalue weighted by atomic mass is 35.5. The maximum Gasteiger partial charge on any atom is 0.340 e. The lowest BCUT2D eigenvalue weighted by atomic mass is 9.92. The molecule has 4 aromatic carbocycles. The average molecular weight is 830 g/mol. The summed E-state index contributed by atoms with van der Waals surface area (Å²) in [5, 5.41) is 19.3. The van der Waals surface area contributed by atoms with Crippen LogP contribution in [0.3, 0.4) is 0 Å². The summed E-state index contributed by atoms with van der Waals surface area (Å²) in [6.07, 6.45) is 1.59. The molecule has 302 valence electrons. The van der Waals surface area contributed by atoms with Gasteiger partial charge in [0, 0.05) is 51.7 Å². The SMILES string of the molecule is COC(=O)c1ccc(C(C)C(=O)CCc2cc(C)nn2-c2cccc(Cl)c2)cc1F.Cc1cc(CCC(=O)C(C)c2ccc(CO)c(F)c2)n(-c2cccc(Cl)c2)n1. The third-order valence-electron chi connectivity index (χ3n) is 9.78. The van der Waals surface area contributed by atoms with E-state index in [0.29, 0.717) is 40.4 Å². The molecule has 6 aromatic rings. The van der Waals surface area contributed by atoms with Gasteiger partial charge < -0.3 is 9.84 Å². The number of Topliss-reactive ketones (excluding diaryl/α,β-unsaturated/α-hetero) is 2. The zero-order valence-corrected chi connectivity index (χ0v) is 34.3. The third kappa shape index (κ3) is 10.9. The number of nitrogens with zero attached hydrogens (tertiary/aromatic N) is 4. The van der Waals surface area contributed by atoms with Crippen molar-refractivity contribution >= 4 is 40.7 Å². The van der Waals surface area contributed by atoms with Crippen LogP contribution in [0.1, 0.15) is 88.3 Å². The van der Waals surface area contributed by atoms with Crippen molar-refractivity contribution < 1.29 is 33.0 Å². The van der Waals surface area contributed by atoms with E-state index in [4.69, 9.17) is 28.3 Å². The largest absolute Gasteiger partial charge is 0.465 e. The van der Waals surface area contributed by atoms with E-state index in [2.05, 4.69) is 14.9 Å². The van der Waals surface area contributed by atoms with Crippen LogP contribution < -0.4 is 0 Å². The van der Waals surface area contributed by atoms with Gasteiger partial charge >= 0.3 is 5.97 Å². The second-order valence-electron chi connectivity index (χ2n) is 14.0. The minimum atomic E-state index is -0.748. The molecule has 2 heterocycles. The third-order valence-corrected chi connectivity index (χ3v) is 10.3. The Hall–Kier alpha value is -5.49. The first-order chi connectivity index (χ1) is 27.7. The molecule has 9 nitrogen and oxygen atoms in total. The van der Waals surface area contributed by atoms with Crippen LogP contribution in [0, 0.1) is 25.5 Å². The van der Waals surface area contributed by atoms with Crippen molar-refractivity contribution in [2.45, 2.75) is 71.8 Å². The molecular formula is C45H44Cl2F2N4O5. The van der Waals surface area contributed by atoms with Crippen LogP contribution in [0.4, 0.5) is 8.78 Å². The fourth-order valence-corrected chi connectivity index (χ4v) is 6.84. The predicted molar refractivity (Wildman–Crippen MR) is 220 cm³/mol. The monoisotopic (exact) mass is 828 g/mol. The van der Waals surface area contributed by atoms with Crippen LogP contribution in [0.5, 0.6) is 0 Å². The fraction of sp³-hybridized carbons (Fsp3) is 0.267. The zero-order chi connectivity index (χ0) is 42.1. The summed E-state index contributed by atoms with van der Waals surface area (Å²) in [5.74, 6) is -2.88. The number of hydrogen-bond acceptors (Lipinski definition) is 7. The molecule has 0 saturated carbocycles. The number of aryl methyl sites for hydroxylation is 4. The first-order valence-corrected chi connectivity index (χ1v) is 19.4. The van der Waals surface area contributed by atoms with Gasteiger partial charge in [0.2, 0.25) is 0 Å². The molecule has 0 amide bonds. The van der Waals surface area contributed by atoms with Crippen LogP contribution in [-0.2, 0) is 33.8 Å². The number of methoxy groups -OCH3 is 1. The van der Waals surface area contributed by atoms with Gasteiger partial charge in [-0.1, -0.05) is 67.4 Å². The van der Waals surface area contributed by atoms with Crippen molar-refractivity contribution in [3.63, 3.8) is 0 Å². The summed E-state index contributed by atoms with van der Waals surface area (Å²) in [6.45, 7) is 6.94. The molecule has 0 bridgehead atoms. The van der Waals surface area contributed by atoms with Gasteiger partial charge in [0.15, 0.2) is 0 Å². The fourth-order valence-electron chi connectivity index (χ4n) is 6.47. The van der Waals surface area contributed by atoms with Crippen LogP contribution in [0.25, 0.3) is 11.4 Å². The van der Waals surface area contributed by atoms with E-state index < -0.39 is 29.4 Å². The van der Waals surface area contributed by atoms with Crippen LogP contribution in [0.15, 0.2) is 97.1 Å². The van der Waals surface area contributed by atoms with Gasteiger partial charge in [-0.3, -0.25) is 9.59 Å². The summed E-state index contributed by atoms with van der Waals surface area (Å²) in [4.78, 5) is 37.0. The van der Waals surface area contributed by atoms with Crippen molar-refractivity contribution in [2.75, 3.05) is 7.11 Å². The number of carbonyl (C=O) groups is 3. The summed E-state index contributed by atoms with van der Waals surface area (Å²) >= 11 is 12.2. The second-order valence-corrected chi connectivity index (χ2v) is 14.8. The Bertz CT molecular complexity index is 2430. The number of aliphatic hydroxyl groups excluding tert-OH is 1. The van der Waals surface area contributed by atoms with Gasteiger partial charge in [-0.05, 0) is 105 Å². The van der Waals surface area contributed by atoms with Gasteiger partial charge in [-0.15, -0.1) is 0 Å². The van der Waals surface area contributed by atoms with Gasteiger partial charge in [0.1, 0.15) is 23.2 Å². The molecular weight excluding hydrogens is 785 g/mol. The lowest BCUT2D eigenvalue weighted by Crippen LogP contribution is -2.13. The van der Waals surface area contributed by atoms with E-state index in [-0.39, 0.29) is 35.7 Å². The topological polar surface area (TPSA) is 116 Å². The molecule has 6 rings (SSSR count). The number of carbonyl (C=O) groups excluding carboxylic acids is 3. The second kappa shape index (κ2) is 19.8. The average Bonchev–Trinajstić information content (AvgIpc) is 3.79. The van der Waals surface area contributed by atoms with Crippen LogP contribution in [0.2, 0.25) is 10.0 Å². The molecule has 0 fully saturated rings. The molecule has 0 aliphatic heterocycles. The van der Waals surface area contributed by atoms with Gasteiger partial charge in [-0.25, -0.2) is 22.9 Å². The smallest absolute Gasteiger partial charge is 0.340 e. The number of rotatable bonds is 14. The molecule has 0 aliphatic carbocycles. The van der Waals surface area contributed by atoms with Gasteiger partial charge in [0.25, 0.3) is 0 Å². The Morgan fingerprint density at radius 3 is 1.57 bits per heavy atom. The molecule has 2 atom stereocenters. The molecule has 0 radical (unpaired) electrons. The first-order valence-electron chi connectivity index (χ1n) is 18.6. The van der Waals surface area contributed by atoms with E-state index in [1.54, 1.807) is 47.5 Å². The van der Waals surface area contributed by atoms with Gasteiger partial charge in [0.05, 0.1) is 42.0 Å². The Kier molecular flexibility index (Phi) is 14.9. The standard InChI is InChI=1S/C23H22ClFN2O3.C22H22ClFN2O2/c1-14-11-19(27(26-14)18-6-4-5-17(24)13-18)8-10-22(28)15(2)16-7-9-20(21(25)12-16)23(29)30-3;1-14-10-20(26(25-14)19-5-3-4-18(23)12-19)8-9-22(28)15(2)16-6-7-17(13-27)21(24)11-16/h4-7,9,11-13,15H,8,10H2,1-3H3;3-7,10-12,15,27H,8-9,13H2,1-2H3. The molecule has 58 heavy (non-hydrogen) atoms. The molecule has 0 aliphatic rings. The number of benzene rings is 4. The quantitative estimate of drug-likeness (QED) is 0.109. The van der Waals surface area contributed by atoms with Crippen LogP contribution in [-0.4, -0.2) is 49.3 Å². The number of hydrogen-bond donors (Lipinski definition) is 1. The lowest BCUT2D eigenvalue weighted by Gasteiger charge is -2.13. The molecule has 13 heteroatoms. The summed E-state index contributed by atoms with van der Waals surface area (Å²) in [7, 11) is 1.19. The Labute approximate surface area is 346 Å². The molecule has 1 N–H and O–H groups in total. The van der Waals surface area contributed by atoms with Crippen molar-refractivity contribution in [2.24, 2.45) is 0 Å². The first kappa shape index (κ1) is 43.6. The molecule has 0 spiro atoms. The number of aliphatic hydroxyl groups is 1. The number of ketones is 2. The summed E-state index contributed by atoms with van der Waals surface area (Å²) in [5.41, 5.74) is 6.38. The van der Waals surface area contributed by atoms with E-state index in [0.717, 1.165) is 34.2 Å². The normalized spacial score (nSPS) is 12.0. The highest BCUT2D eigenvalue weighted by molar-refractivity contribution is 6.31. The summed E-state index contributed by atoms with van der Waals surface area (Å²) < 4.78 is 36.2. The maximum atomic E-state index is 14.2. The van der Waals surface area contributed by atoms with Crippen molar-refractivity contribution in [1.29, 1.82) is 0 Å². The number of aromatic nitrogens is 4. The lowest BCUT2D eigenvalue weighted by molar-refractivity contribution is -0.120. The molecule has 0 saturated heterocycles. The minimum Gasteiger partial charge on any atom is -0.465 e. The van der Waals surface area contributed by atoms with Crippen molar-refractivity contribution in [1.82, 2.24) is 19.6 Å².